The van der Waals surface area contributed by atoms with Crippen LogP contribution in [0.4, 0.5) is 11.4 Å². The molecule has 4 aromatic carbocycles. The lowest BCUT2D eigenvalue weighted by Crippen LogP contribution is -2.40. The van der Waals surface area contributed by atoms with Crippen LogP contribution in [0.15, 0.2) is 72.8 Å². The fraction of sp³-hybridized carbons (Fsp3) is 0.143. The molecule has 0 saturated carbocycles. The minimum absolute atomic E-state index is 0.202. The van der Waals surface area contributed by atoms with Crippen LogP contribution in [0.1, 0.15) is 32.7 Å². The fourth-order valence-corrected chi connectivity index (χ4v) is 4.56. The third-order valence-corrected chi connectivity index (χ3v) is 6.25. The number of aryl methyl sites for hydroxylation is 1. The first-order valence-corrected chi connectivity index (χ1v) is 11.3. The van der Waals surface area contributed by atoms with E-state index in [9.17, 15) is 14.7 Å². The number of phenols is 1. The molecule has 170 valence electrons. The molecule has 6 heteroatoms. The van der Waals surface area contributed by atoms with Gasteiger partial charge >= 0.3 is 0 Å². The molecule has 1 heterocycles. The maximum Gasteiger partial charge on any atom is 0.265 e. The minimum atomic E-state index is -0.334. The van der Waals surface area contributed by atoms with Crippen molar-refractivity contribution < 1.29 is 14.7 Å². The molecule has 0 aliphatic carbocycles. The summed E-state index contributed by atoms with van der Waals surface area (Å²) >= 11 is 0. The van der Waals surface area contributed by atoms with Crippen LogP contribution in [0, 0.1) is 6.92 Å². The first-order chi connectivity index (χ1) is 16.5. The van der Waals surface area contributed by atoms with Gasteiger partial charge in [-0.25, -0.2) is 4.90 Å². The number of carbonyl (C=O) groups is 2. The summed E-state index contributed by atoms with van der Waals surface area (Å²) in [5, 5.41) is 14.5. The topological polar surface area (TPSA) is 95.7 Å². The Hall–Kier alpha value is -4.16. The van der Waals surface area contributed by atoms with Crippen molar-refractivity contribution in [3.05, 3.63) is 89.5 Å². The van der Waals surface area contributed by atoms with E-state index < -0.39 is 0 Å². The molecule has 34 heavy (non-hydrogen) atoms. The number of carbonyl (C=O) groups excluding carboxylic acids is 2. The Bertz CT molecular complexity index is 1410. The van der Waals surface area contributed by atoms with E-state index in [2.05, 4.69) is 5.32 Å². The second-order valence-electron chi connectivity index (χ2n) is 8.45. The first kappa shape index (κ1) is 21.7. The molecule has 2 amide bonds. The predicted molar refractivity (Wildman–Crippen MR) is 136 cm³/mol. The molecular weight excluding hydrogens is 426 g/mol. The van der Waals surface area contributed by atoms with Crippen molar-refractivity contribution in [2.24, 2.45) is 5.73 Å². The number of phenolic OH excluding ortho intramolecular Hbond substituents is 1. The van der Waals surface area contributed by atoms with Gasteiger partial charge in [0.15, 0.2) is 0 Å². The number of aromatic hydroxyl groups is 1. The quantitative estimate of drug-likeness (QED) is 0.281. The number of hydrogen-bond donors (Lipinski definition) is 3. The Morgan fingerprint density at radius 2 is 1.59 bits per heavy atom. The monoisotopic (exact) mass is 451 g/mol. The van der Waals surface area contributed by atoms with Crippen LogP contribution in [0.2, 0.25) is 0 Å². The summed E-state index contributed by atoms with van der Waals surface area (Å²) in [5.41, 5.74) is 10.9. The highest BCUT2D eigenvalue weighted by Gasteiger charge is 2.34. The van der Waals surface area contributed by atoms with Gasteiger partial charge in [0.1, 0.15) is 5.75 Å². The number of hydrogen-bond acceptors (Lipinski definition) is 5. The van der Waals surface area contributed by atoms with Gasteiger partial charge < -0.3 is 16.2 Å². The van der Waals surface area contributed by atoms with Crippen LogP contribution >= 0.6 is 0 Å². The van der Waals surface area contributed by atoms with Crippen molar-refractivity contribution in [3.8, 4) is 16.9 Å². The van der Waals surface area contributed by atoms with E-state index in [0.717, 1.165) is 40.7 Å². The van der Waals surface area contributed by atoms with Gasteiger partial charge in [0.05, 0.1) is 5.69 Å². The molecule has 6 nitrogen and oxygen atoms in total. The number of amides is 2. The molecule has 4 aromatic rings. The van der Waals surface area contributed by atoms with Crippen molar-refractivity contribution in [2.75, 3.05) is 23.3 Å². The maximum absolute atomic E-state index is 13.5. The van der Waals surface area contributed by atoms with Crippen LogP contribution in [-0.2, 0) is 0 Å². The Kier molecular flexibility index (Phi) is 5.51. The highest BCUT2D eigenvalue weighted by Crippen LogP contribution is 2.37. The number of nitrogens with two attached hydrogens (primary N) is 1. The fourth-order valence-electron chi connectivity index (χ4n) is 4.56. The summed E-state index contributed by atoms with van der Waals surface area (Å²) < 4.78 is 0. The smallest absolute Gasteiger partial charge is 0.265 e. The number of nitrogens with one attached hydrogen (secondary N) is 1. The summed E-state index contributed by atoms with van der Waals surface area (Å²) in [4.78, 5) is 28.3. The standard InChI is InChI=1S/C28H25N3O3/c1-17-16-19(8-11-21(17)18-6-9-20(32)10-7-18)31-27(33)23-5-2-4-22-25(30-15-3-14-29)13-12-24(26(22)23)28(31)34/h2,4-13,16,30,32H,3,14-15,29H2,1H3. The van der Waals surface area contributed by atoms with E-state index >= 15 is 0 Å². The summed E-state index contributed by atoms with van der Waals surface area (Å²) in [6, 6.07) is 21.7. The van der Waals surface area contributed by atoms with Crippen LogP contribution in [0.25, 0.3) is 21.9 Å². The number of imide groups is 1. The number of rotatable bonds is 6. The zero-order chi connectivity index (χ0) is 23.8. The van der Waals surface area contributed by atoms with Crippen LogP contribution in [-0.4, -0.2) is 30.0 Å². The second-order valence-corrected chi connectivity index (χ2v) is 8.45. The van der Waals surface area contributed by atoms with Crippen molar-refractivity contribution in [2.45, 2.75) is 13.3 Å². The number of anilines is 2. The van der Waals surface area contributed by atoms with Crippen molar-refractivity contribution in [3.63, 3.8) is 0 Å². The molecule has 4 N–H and O–H groups in total. The Morgan fingerprint density at radius 1 is 0.882 bits per heavy atom. The van der Waals surface area contributed by atoms with Crippen LogP contribution in [0.3, 0.4) is 0 Å². The van der Waals surface area contributed by atoms with E-state index in [1.54, 1.807) is 30.3 Å². The molecule has 0 fully saturated rings. The van der Waals surface area contributed by atoms with E-state index in [4.69, 9.17) is 5.73 Å². The summed E-state index contributed by atoms with van der Waals surface area (Å²) in [6.07, 6.45) is 0.827. The van der Waals surface area contributed by atoms with E-state index in [1.807, 2.05) is 49.4 Å². The van der Waals surface area contributed by atoms with Crippen molar-refractivity contribution >= 4 is 34.0 Å². The van der Waals surface area contributed by atoms with Gasteiger partial charge in [-0.15, -0.1) is 0 Å². The number of benzene rings is 4. The third-order valence-electron chi connectivity index (χ3n) is 6.25. The lowest BCUT2D eigenvalue weighted by molar-refractivity contribution is 0.0893. The molecule has 0 unspecified atom stereocenters. The van der Waals surface area contributed by atoms with Gasteiger partial charge in [-0.1, -0.05) is 30.3 Å². The molecule has 0 aromatic heterocycles. The lowest BCUT2D eigenvalue weighted by atomic mass is 9.92. The molecule has 1 aliphatic heterocycles. The molecule has 0 radical (unpaired) electrons. The van der Waals surface area contributed by atoms with E-state index in [-0.39, 0.29) is 17.6 Å². The minimum Gasteiger partial charge on any atom is -0.508 e. The SMILES string of the molecule is Cc1cc(N2C(=O)c3cccc4c(NCCCN)ccc(c34)C2=O)ccc1-c1ccc(O)cc1. The van der Waals surface area contributed by atoms with Gasteiger partial charge in [-0.2, -0.15) is 0 Å². The van der Waals surface area contributed by atoms with Gasteiger partial charge in [-0.3, -0.25) is 9.59 Å². The summed E-state index contributed by atoms with van der Waals surface area (Å²) in [7, 11) is 0. The average molecular weight is 452 g/mol. The average Bonchev–Trinajstić information content (AvgIpc) is 2.84. The molecule has 0 bridgehead atoms. The second kappa shape index (κ2) is 8.65. The lowest BCUT2D eigenvalue weighted by Gasteiger charge is -2.28. The summed E-state index contributed by atoms with van der Waals surface area (Å²) in [5.74, 6) is -0.467. The van der Waals surface area contributed by atoms with Gasteiger partial charge in [-0.05, 0) is 79.0 Å². The Labute approximate surface area is 197 Å². The van der Waals surface area contributed by atoms with E-state index in [0.29, 0.717) is 28.7 Å². The molecule has 0 atom stereocenters. The van der Waals surface area contributed by atoms with Crippen molar-refractivity contribution in [1.29, 1.82) is 0 Å². The third kappa shape index (κ3) is 3.58. The van der Waals surface area contributed by atoms with Gasteiger partial charge in [0.25, 0.3) is 11.8 Å². The Balaban J connectivity index is 1.55. The Morgan fingerprint density at radius 3 is 2.29 bits per heavy atom. The number of nitrogens with zero attached hydrogens (tertiary/aromatic N) is 1. The summed E-state index contributed by atoms with van der Waals surface area (Å²) in [6.45, 7) is 3.25. The molecule has 0 saturated heterocycles. The molecule has 1 aliphatic rings. The molecular formula is C28H25N3O3. The molecule has 0 spiro atoms. The van der Waals surface area contributed by atoms with E-state index in [1.165, 1.54) is 4.90 Å². The normalized spacial score (nSPS) is 12.9. The van der Waals surface area contributed by atoms with Gasteiger partial charge in [0.2, 0.25) is 0 Å². The highest BCUT2D eigenvalue weighted by atomic mass is 16.3. The van der Waals surface area contributed by atoms with Crippen LogP contribution < -0.4 is 16.0 Å². The zero-order valence-corrected chi connectivity index (χ0v) is 18.8. The maximum atomic E-state index is 13.5. The predicted octanol–water partition coefficient (Wildman–Crippen LogP) is 5.08. The van der Waals surface area contributed by atoms with Crippen molar-refractivity contribution in [1.82, 2.24) is 0 Å². The van der Waals surface area contributed by atoms with Gasteiger partial charge in [0, 0.05) is 34.1 Å². The largest absolute Gasteiger partial charge is 0.508 e. The highest BCUT2D eigenvalue weighted by molar-refractivity contribution is 6.36. The zero-order valence-electron chi connectivity index (χ0n) is 18.8. The molecule has 5 rings (SSSR count). The first-order valence-electron chi connectivity index (χ1n) is 11.3. The van der Waals surface area contributed by atoms with Crippen LogP contribution in [0.5, 0.6) is 5.75 Å².